The van der Waals surface area contributed by atoms with E-state index in [-0.39, 0.29) is 0 Å². The number of hydrogen-bond donors (Lipinski definition) is 0. The van der Waals surface area contributed by atoms with E-state index in [0.29, 0.717) is 0 Å². The average Bonchev–Trinajstić information content (AvgIpc) is 2.92. The Labute approximate surface area is 127 Å². The Bertz CT molecular complexity index is 951. The van der Waals surface area contributed by atoms with Crippen molar-refractivity contribution in [2.45, 2.75) is 0 Å². The minimum absolute atomic E-state index is 0.990. The summed E-state index contributed by atoms with van der Waals surface area (Å²) in [6.45, 7) is 3.95. The van der Waals surface area contributed by atoms with E-state index >= 15 is 0 Å². The van der Waals surface area contributed by atoms with Gasteiger partial charge in [-0.15, -0.1) is 11.3 Å². The van der Waals surface area contributed by atoms with Crippen LogP contribution in [0.3, 0.4) is 0 Å². The molecule has 4 rings (SSSR count). The van der Waals surface area contributed by atoms with E-state index in [0.717, 1.165) is 16.8 Å². The molecule has 100 valence electrons. The Hall–Kier alpha value is -2.45. The third-order valence-corrected chi connectivity index (χ3v) is 4.84. The van der Waals surface area contributed by atoms with Gasteiger partial charge in [0.1, 0.15) is 0 Å². The highest BCUT2D eigenvalue weighted by Gasteiger charge is 2.10. The molecule has 0 N–H and O–H groups in total. The largest absolute Gasteiger partial charge is 0.256 e. The highest BCUT2D eigenvalue weighted by molar-refractivity contribution is 7.25. The first kappa shape index (κ1) is 12.3. The fraction of sp³-hybridized carbons (Fsp3) is 0. The first-order valence-corrected chi connectivity index (χ1v) is 7.67. The van der Waals surface area contributed by atoms with Crippen LogP contribution in [0, 0.1) is 0 Å². The summed E-state index contributed by atoms with van der Waals surface area (Å²) in [6, 6.07) is 19.0. The normalized spacial score (nSPS) is 11.0. The third-order valence-electron chi connectivity index (χ3n) is 3.71. The molecule has 21 heavy (non-hydrogen) atoms. The molecule has 0 saturated heterocycles. The van der Waals surface area contributed by atoms with E-state index < -0.39 is 0 Å². The van der Waals surface area contributed by atoms with Crippen LogP contribution in [0.2, 0.25) is 0 Å². The van der Waals surface area contributed by atoms with Crippen molar-refractivity contribution in [1.82, 2.24) is 4.98 Å². The predicted octanol–water partition coefficient (Wildman–Crippen LogP) is 5.76. The number of benzene rings is 2. The Kier molecular flexibility index (Phi) is 2.83. The number of hydrogen-bond acceptors (Lipinski definition) is 2. The highest BCUT2D eigenvalue weighted by Crippen LogP contribution is 2.38. The molecule has 0 spiro atoms. The fourth-order valence-electron chi connectivity index (χ4n) is 2.70. The summed E-state index contributed by atoms with van der Waals surface area (Å²) in [7, 11) is 0. The lowest BCUT2D eigenvalue weighted by Gasteiger charge is -2.06. The molecule has 1 nitrogen and oxygen atoms in total. The van der Waals surface area contributed by atoms with Gasteiger partial charge in [-0.25, -0.2) is 0 Å². The summed E-state index contributed by atoms with van der Waals surface area (Å²) in [5.74, 6) is 0. The van der Waals surface area contributed by atoms with Crippen molar-refractivity contribution in [3.63, 3.8) is 0 Å². The minimum atomic E-state index is 0.990. The molecule has 0 atom stereocenters. The second-order valence-electron chi connectivity index (χ2n) is 4.95. The van der Waals surface area contributed by atoms with Crippen LogP contribution in [0.25, 0.3) is 37.5 Å². The number of fused-ring (bicyclic) bond motifs is 3. The molecule has 0 aliphatic carbocycles. The zero-order chi connectivity index (χ0) is 14.2. The summed E-state index contributed by atoms with van der Waals surface area (Å²) >= 11 is 1.83. The van der Waals surface area contributed by atoms with E-state index in [9.17, 15) is 0 Å². The second-order valence-corrected chi connectivity index (χ2v) is 6.04. The Balaban J connectivity index is 2.10. The van der Waals surface area contributed by atoms with Gasteiger partial charge in [0.15, 0.2) is 0 Å². The maximum Gasteiger partial charge on any atom is 0.0708 e. The van der Waals surface area contributed by atoms with Crippen LogP contribution in [0.1, 0.15) is 5.56 Å². The third kappa shape index (κ3) is 1.96. The SMILES string of the molecule is C=Cc1cc2sc3ccccc3c2cc1-c1ccccn1. The van der Waals surface area contributed by atoms with Gasteiger partial charge in [0.05, 0.1) is 5.69 Å². The first-order chi connectivity index (χ1) is 10.4. The molecule has 0 aliphatic rings. The van der Waals surface area contributed by atoms with E-state index in [1.807, 2.05) is 41.8 Å². The fourth-order valence-corrected chi connectivity index (χ4v) is 3.84. The first-order valence-electron chi connectivity index (χ1n) is 6.86. The van der Waals surface area contributed by atoms with Crippen molar-refractivity contribution < 1.29 is 0 Å². The zero-order valence-electron chi connectivity index (χ0n) is 11.4. The van der Waals surface area contributed by atoms with Crippen LogP contribution >= 0.6 is 11.3 Å². The number of thiophene rings is 1. The topological polar surface area (TPSA) is 12.9 Å². The zero-order valence-corrected chi connectivity index (χ0v) is 12.2. The van der Waals surface area contributed by atoms with Crippen molar-refractivity contribution in [3.05, 3.63) is 72.9 Å². The van der Waals surface area contributed by atoms with Gasteiger partial charge in [-0.2, -0.15) is 0 Å². The smallest absolute Gasteiger partial charge is 0.0708 e. The number of pyridine rings is 1. The van der Waals surface area contributed by atoms with E-state index in [4.69, 9.17) is 0 Å². The number of rotatable bonds is 2. The second kappa shape index (κ2) is 4.83. The maximum atomic E-state index is 4.48. The van der Waals surface area contributed by atoms with Gasteiger partial charge in [0.25, 0.3) is 0 Å². The van der Waals surface area contributed by atoms with E-state index in [2.05, 4.69) is 48.0 Å². The van der Waals surface area contributed by atoms with Crippen LogP contribution in [0.4, 0.5) is 0 Å². The lowest BCUT2D eigenvalue weighted by molar-refractivity contribution is 1.33. The van der Waals surface area contributed by atoms with Crippen LogP contribution in [0.5, 0.6) is 0 Å². The molecule has 0 fully saturated rings. The van der Waals surface area contributed by atoms with Crippen molar-refractivity contribution in [1.29, 1.82) is 0 Å². The summed E-state index contributed by atoms with van der Waals surface area (Å²) in [5.41, 5.74) is 3.26. The molecule has 2 heteroatoms. The molecule has 0 amide bonds. The van der Waals surface area contributed by atoms with Crippen molar-refractivity contribution >= 4 is 37.6 Å². The van der Waals surface area contributed by atoms with Crippen molar-refractivity contribution in [2.75, 3.05) is 0 Å². The standard InChI is InChI=1S/C19H13NS/c1-2-13-11-19-16(14-7-3-4-9-18(14)21-19)12-15(13)17-8-5-6-10-20-17/h2-12H,1H2. The Morgan fingerprint density at radius 3 is 2.57 bits per heavy atom. The molecule has 2 heterocycles. The number of nitrogens with zero attached hydrogens (tertiary/aromatic N) is 1. The predicted molar refractivity (Wildman–Crippen MR) is 92.7 cm³/mol. The van der Waals surface area contributed by atoms with Crippen LogP contribution in [-0.4, -0.2) is 4.98 Å². The van der Waals surface area contributed by atoms with Crippen LogP contribution in [0.15, 0.2) is 67.4 Å². The molecule has 0 unspecified atom stereocenters. The summed E-state index contributed by atoms with van der Waals surface area (Å²) < 4.78 is 2.62. The van der Waals surface area contributed by atoms with E-state index in [1.165, 1.54) is 20.2 Å². The minimum Gasteiger partial charge on any atom is -0.256 e. The highest BCUT2D eigenvalue weighted by atomic mass is 32.1. The number of aromatic nitrogens is 1. The van der Waals surface area contributed by atoms with Crippen molar-refractivity contribution in [3.8, 4) is 11.3 Å². The summed E-state index contributed by atoms with van der Waals surface area (Å²) in [4.78, 5) is 4.48. The molecule has 2 aromatic carbocycles. The van der Waals surface area contributed by atoms with E-state index in [1.54, 1.807) is 0 Å². The molecule has 2 aromatic heterocycles. The Morgan fingerprint density at radius 2 is 1.76 bits per heavy atom. The summed E-state index contributed by atoms with van der Waals surface area (Å²) in [6.07, 6.45) is 3.74. The van der Waals surface area contributed by atoms with Gasteiger partial charge >= 0.3 is 0 Å². The van der Waals surface area contributed by atoms with Gasteiger partial charge in [-0.05, 0) is 35.9 Å². The average molecular weight is 287 g/mol. The van der Waals surface area contributed by atoms with Crippen LogP contribution in [-0.2, 0) is 0 Å². The molecule has 0 radical (unpaired) electrons. The monoisotopic (exact) mass is 287 g/mol. The molecular weight excluding hydrogens is 274 g/mol. The van der Waals surface area contributed by atoms with Gasteiger partial charge in [-0.1, -0.05) is 36.9 Å². The van der Waals surface area contributed by atoms with Gasteiger partial charge in [0, 0.05) is 31.9 Å². The molecule has 0 aliphatic heterocycles. The lowest BCUT2D eigenvalue weighted by Crippen LogP contribution is -1.86. The quantitative estimate of drug-likeness (QED) is 0.457. The van der Waals surface area contributed by atoms with Crippen LogP contribution < -0.4 is 0 Å². The lowest BCUT2D eigenvalue weighted by atomic mass is 10.0. The molecule has 4 aromatic rings. The summed E-state index contributed by atoms with van der Waals surface area (Å²) in [5, 5.41) is 2.60. The maximum absolute atomic E-state index is 4.48. The molecular formula is C19H13NS. The Morgan fingerprint density at radius 1 is 0.905 bits per heavy atom. The van der Waals surface area contributed by atoms with Gasteiger partial charge < -0.3 is 0 Å². The van der Waals surface area contributed by atoms with Gasteiger partial charge in [-0.3, -0.25) is 4.98 Å². The molecule has 0 saturated carbocycles. The van der Waals surface area contributed by atoms with Crippen molar-refractivity contribution in [2.24, 2.45) is 0 Å². The van der Waals surface area contributed by atoms with Gasteiger partial charge in [0.2, 0.25) is 0 Å². The molecule has 0 bridgehead atoms.